The lowest BCUT2D eigenvalue weighted by Crippen LogP contribution is -2.25. The highest BCUT2D eigenvalue weighted by molar-refractivity contribution is 5.22. The standard InChI is InChI=1S/C9H12F2N2/c1-13-9(5-12)7-3-2-6(10)4-8(7)11/h2-4,9,13H,5,12H2,1H3/t9-/m1/s1. The van der Waals surface area contributed by atoms with Gasteiger partial charge in [-0.15, -0.1) is 0 Å². The van der Waals surface area contributed by atoms with Crippen LogP contribution in [-0.4, -0.2) is 13.6 Å². The maximum absolute atomic E-state index is 13.1. The number of nitrogens with one attached hydrogen (secondary N) is 1. The highest BCUT2D eigenvalue weighted by Gasteiger charge is 2.12. The number of benzene rings is 1. The van der Waals surface area contributed by atoms with Crippen LogP contribution in [-0.2, 0) is 0 Å². The van der Waals surface area contributed by atoms with E-state index in [4.69, 9.17) is 5.73 Å². The van der Waals surface area contributed by atoms with E-state index >= 15 is 0 Å². The van der Waals surface area contributed by atoms with Crippen molar-refractivity contribution < 1.29 is 8.78 Å². The fourth-order valence-electron chi connectivity index (χ4n) is 1.18. The zero-order valence-corrected chi connectivity index (χ0v) is 7.35. The summed E-state index contributed by atoms with van der Waals surface area (Å²) in [5, 5.41) is 2.84. The Labute approximate surface area is 75.7 Å². The summed E-state index contributed by atoms with van der Waals surface area (Å²) in [6.07, 6.45) is 0. The van der Waals surface area contributed by atoms with E-state index in [0.29, 0.717) is 5.56 Å². The van der Waals surface area contributed by atoms with E-state index in [0.717, 1.165) is 6.07 Å². The molecule has 0 amide bonds. The number of hydrogen-bond acceptors (Lipinski definition) is 2. The third kappa shape index (κ3) is 2.23. The van der Waals surface area contributed by atoms with Crippen LogP contribution in [0.3, 0.4) is 0 Å². The van der Waals surface area contributed by atoms with E-state index in [2.05, 4.69) is 5.32 Å². The molecule has 0 spiro atoms. The first-order valence-electron chi connectivity index (χ1n) is 4.01. The molecule has 1 aromatic carbocycles. The summed E-state index contributed by atoms with van der Waals surface area (Å²) in [5.74, 6) is -1.14. The smallest absolute Gasteiger partial charge is 0.130 e. The summed E-state index contributed by atoms with van der Waals surface area (Å²) >= 11 is 0. The summed E-state index contributed by atoms with van der Waals surface area (Å²) in [6.45, 7) is 0.277. The maximum atomic E-state index is 13.1. The fraction of sp³-hybridized carbons (Fsp3) is 0.333. The summed E-state index contributed by atoms with van der Waals surface area (Å²) in [7, 11) is 1.68. The summed E-state index contributed by atoms with van der Waals surface area (Å²) in [5.41, 5.74) is 5.79. The Kier molecular flexibility index (Phi) is 3.33. The molecule has 1 rings (SSSR count). The maximum Gasteiger partial charge on any atom is 0.130 e. The molecule has 4 heteroatoms. The lowest BCUT2D eigenvalue weighted by molar-refractivity contribution is 0.528. The molecule has 2 nitrogen and oxygen atoms in total. The molecule has 0 saturated heterocycles. The van der Waals surface area contributed by atoms with Gasteiger partial charge >= 0.3 is 0 Å². The third-order valence-corrected chi connectivity index (χ3v) is 1.92. The molecule has 0 radical (unpaired) electrons. The average Bonchev–Trinajstić information content (AvgIpc) is 2.10. The molecule has 0 fully saturated rings. The molecule has 0 aliphatic rings. The number of nitrogens with two attached hydrogens (primary N) is 1. The Morgan fingerprint density at radius 2 is 2.15 bits per heavy atom. The van der Waals surface area contributed by atoms with Gasteiger partial charge in [-0.25, -0.2) is 8.78 Å². The van der Waals surface area contributed by atoms with E-state index in [1.54, 1.807) is 7.05 Å². The molecule has 0 aliphatic heterocycles. The quantitative estimate of drug-likeness (QED) is 0.744. The van der Waals surface area contributed by atoms with Crippen LogP contribution in [0.5, 0.6) is 0 Å². The van der Waals surface area contributed by atoms with E-state index in [-0.39, 0.29) is 12.6 Å². The topological polar surface area (TPSA) is 38.0 Å². The zero-order chi connectivity index (χ0) is 9.84. The second kappa shape index (κ2) is 4.30. The van der Waals surface area contributed by atoms with Gasteiger partial charge in [-0.2, -0.15) is 0 Å². The van der Waals surface area contributed by atoms with Gasteiger partial charge in [0.2, 0.25) is 0 Å². The predicted octanol–water partition coefficient (Wildman–Crippen LogP) is 1.18. The number of rotatable bonds is 3. The van der Waals surface area contributed by atoms with Crippen molar-refractivity contribution in [2.75, 3.05) is 13.6 Å². The molecule has 0 unspecified atom stereocenters. The van der Waals surface area contributed by atoms with Gasteiger partial charge in [0.05, 0.1) is 0 Å². The number of halogens is 2. The van der Waals surface area contributed by atoms with Crippen LogP contribution in [0, 0.1) is 11.6 Å². The van der Waals surface area contributed by atoms with Gasteiger partial charge in [0.15, 0.2) is 0 Å². The van der Waals surface area contributed by atoms with Crippen molar-refractivity contribution in [3.05, 3.63) is 35.4 Å². The van der Waals surface area contributed by atoms with Crippen LogP contribution in [0.25, 0.3) is 0 Å². The molecule has 0 saturated carbocycles. The first-order valence-corrected chi connectivity index (χ1v) is 4.01. The lowest BCUT2D eigenvalue weighted by Gasteiger charge is -2.14. The largest absolute Gasteiger partial charge is 0.329 e. The molecule has 3 N–H and O–H groups in total. The molecule has 0 aliphatic carbocycles. The van der Waals surface area contributed by atoms with Crippen LogP contribution < -0.4 is 11.1 Å². The normalized spacial score (nSPS) is 12.9. The van der Waals surface area contributed by atoms with Crippen molar-refractivity contribution in [1.82, 2.24) is 5.32 Å². The van der Waals surface area contributed by atoms with Crippen molar-refractivity contribution in [2.24, 2.45) is 5.73 Å². The molecule has 72 valence electrons. The molecular weight excluding hydrogens is 174 g/mol. The minimum absolute atomic E-state index is 0.263. The van der Waals surface area contributed by atoms with Crippen LogP contribution >= 0.6 is 0 Å². The predicted molar refractivity (Wildman–Crippen MR) is 47.2 cm³/mol. The van der Waals surface area contributed by atoms with E-state index < -0.39 is 11.6 Å². The fourth-order valence-corrected chi connectivity index (χ4v) is 1.18. The van der Waals surface area contributed by atoms with Gasteiger partial charge in [0.1, 0.15) is 11.6 Å². The van der Waals surface area contributed by atoms with E-state index in [1.807, 2.05) is 0 Å². The Balaban J connectivity index is 2.99. The molecule has 0 aromatic heterocycles. The van der Waals surface area contributed by atoms with Gasteiger partial charge in [0, 0.05) is 24.2 Å². The molecule has 1 aromatic rings. The molecule has 1 atom stereocenters. The van der Waals surface area contributed by atoms with E-state index in [1.165, 1.54) is 12.1 Å². The SMILES string of the molecule is CN[C@H](CN)c1ccc(F)cc1F. The Hall–Kier alpha value is -1.00. The second-order valence-electron chi connectivity index (χ2n) is 2.74. The third-order valence-electron chi connectivity index (χ3n) is 1.92. The van der Waals surface area contributed by atoms with Gasteiger partial charge in [-0.05, 0) is 13.1 Å². The summed E-state index contributed by atoms with van der Waals surface area (Å²) < 4.78 is 25.7. The van der Waals surface area contributed by atoms with Crippen LogP contribution in [0.15, 0.2) is 18.2 Å². The van der Waals surface area contributed by atoms with Crippen LogP contribution in [0.4, 0.5) is 8.78 Å². The van der Waals surface area contributed by atoms with Gasteiger partial charge in [0.25, 0.3) is 0 Å². The highest BCUT2D eigenvalue weighted by atomic mass is 19.1. The second-order valence-corrected chi connectivity index (χ2v) is 2.74. The zero-order valence-electron chi connectivity index (χ0n) is 7.35. The van der Waals surface area contributed by atoms with Gasteiger partial charge < -0.3 is 11.1 Å². The number of likely N-dealkylation sites (N-methyl/N-ethyl adjacent to an activating group) is 1. The number of hydrogen-bond donors (Lipinski definition) is 2. The van der Waals surface area contributed by atoms with Crippen LogP contribution in [0.1, 0.15) is 11.6 Å². The van der Waals surface area contributed by atoms with Crippen LogP contribution in [0.2, 0.25) is 0 Å². The minimum Gasteiger partial charge on any atom is -0.329 e. The molecule has 13 heavy (non-hydrogen) atoms. The average molecular weight is 186 g/mol. The van der Waals surface area contributed by atoms with E-state index in [9.17, 15) is 8.78 Å². The minimum atomic E-state index is -0.576. The van der Waals surface area contributed by atoms with Crippen molar-refractivity contribution in [3.63, 3.8) is 0 Å². The Bertz CT molecular complexity index is 285. The lowest BCUT2D eigenvalue weighted by atomic mass is 10.1. The molecule has 0 heterocycles. The van der Waals surface area contributed by atoms with Crippen molar-refractivity contribution in [3.8, 4) is 0 Å². The first kappa shape index (κ1) is 10.1. The van der Waals surface area contributed by atoms with Crippen molar-refractivity contribution >= 4 is 0 Å². The van der Waals surface area contributed by atoms with Crippen molar-refractivity contribution in [2.45, 2.75) is 6.04 Å². The summed E-state index contributed by atoms with van der Waals surface area (Å²) in [6, 6.07) is 3.22. The van der Waals surface area contributed by atoms with Gasteiger partial charge in [-0.1, -0.05) is 6.07 Å². The Morgan fingerprint density at radius 3 is 2.62 bits per heavy atom. The monoisotopic (exact) mass is 186 g/mol. The highest BCUT2D eigenvalue weighted by Crippen LogP contribution is 2.16. The molecular formula is C9H12F2N2. The summed E-state index contributed by atoms with van der Waals surface area (Å²) in [4.78, 5) is 0. The Morgan fingerprint density at radius 1 is 1.46 bits per heavy atom. The first-order chi connectivity index (χ1) is 6.19. The molecule has 0 bridgehead atoms. The van der Waals surface area contributed by atoms with Crippen molar-refractivity contribution in [1.29, 1.82) is 0 Å². The van der Waals surface area contributed by atoms with Gasteiger partial charge in [-0.3, -0.25) is 0 Å².